The van der Waals surface area contributed by atoms with Gasteiger partial charge in [-0.15, -0.1) is 0 Å². The molecule has 0 saturated carbocycles. The molecule has 1 aromatic heterocycles. The highest BCUT2D eigenvalue weighted by Crippen LogP contribution is 2.45. The molecule has 3 aromatic rings. The zero-order valence-electron chi connectivity index (χ0n) is 16.0. The molecular weight excluding hydrogens is 432 g/mol. The minimum Gasteiger partial charge on any atom is -0.493 e. The van der Waals surface area contributed by atoms with Gasteiger partial charge in [-0.2, -0.15) is 4.37 Å². The summed E-state index contributed by atoms with van der Waals surface area (Å²) in [5.74, 6) is -1.27. The third-order valence-corrected chi connectivity index (χ3v) is 5.89. The highest BCUT2D eigenvalue weighted by atomic mass is 32.1. The lowest BCUT2D eigenvalue weighted by molar-refractivity contribution is 0.270. The molecule has 30 heavy (non-hydrogen) atoms. The molecule has 1 aliphatic rings. The van der Waals surface area contributed by atoms with Crippen LogP contribution in [0.3, 0.4) is 0 Å². The van der Waals surface area contributed by atoms with Crippen LogP contribution in [0.2, 0.25) is 0 Å². The number of benzene rings is 2. The Morgan fingerprint density at radius 2 is 1.83 bits per heavy atom. The van der Waals surface area contributed by atoms with Crippen molar-refractivity contribution in [2.45, 2.75) is 12.8 Å². The lowest BCUT2D eigenvalue weighted by Crippen LogP contribution is -2.17. The van der Waals surface area contributed by atoms with E-state index < -0.39 is 19.4 Å². The number of phosphoric ester groups is 1. The van der Waals surface area contributed by atoms with Crippen LogP contribution in [0, 0.1) is 5.82 Å². The second-order valence-electron chi connectivity index (χ2n) is 6.74. The molecule has 0 amide bonds. The number of methoxy groups -OCH3 is 1. The van der Waals surface area contributed by atoms with Gasteiger partial charge in [0.1, 0.15) is 5.01 Å². The molecule has 0 spiro atoms. The van der Waals surface area contributed by atoms with Crippen LogP contribution in [0.4, 0.5) is 10.1 Å². The zero-order valence-corrected chi connectivity index (χ0v) is 17.7. The summed E-state index contributed by atoms with van der Waals surface area (Å²) in [5, 5.41) is 0.438. The monoisotopic (exact) mass is 451 g/mol. The highest BCUT2D eigenvalue weighted by Gasteiger charge is 2.24. The first kappa shape index (κ1) is 20.7. The van der Waals surface area contributed by atoms with E-state index in [0.29, 0.717) is 16.4 Å². The molecule has 0 radical (unpaired) electrons. The van der Waals surface area contributed by atoms with Crippen LogP contribution in [0.25, 0.3) is 22.0 Å². The minimum atomic E-state index is -4.94. The SMILES string of the molecule is COc1cc(-c2nc(-c3ccc(N4CCCC4)cc3)ns2)cc(F)c1OP(=O)(O)O. The average molecular weight is 451 g/mol. The van der Waals surface area contributed by atoms with Crippen molar-refractivity contribution in [1.82, 2.24) is 9.36 Å². The summed E-state index contributed by atoms with van der Waals surface area (Å²) in [5.41, 5.74) is 2.37. The summed E-state index contributed by atoms with van der Waals surface area (Å²) in [6.45, 7) is 2.13. The van der Waals surface area contributed by atoms with Gasteiger partial charge in [0.25, 0.3) is 0 Å². The third kappa shape index (κ3) is 4.46. The second-order valence-corrected chi connectivity index (χ2v) is 8.65. The molecule has 1 fully saturated rings. The normalized spacial score (nSPS) is 14.2. The number of anilines is 1. The molecule has 0 atom stereocenters. The van der Waals surface area contributed by atoms with E-state index >= 15 is 0 Å². The molecular formula is C19H19FN3O5PS. The molecule has 11 heteroatoms. The van der Waals surface area contributed by atoms with E-state index in [9.17, 15) is 8.96 Å². The minimum absolute atomic E-state index is 0.153. The van der Waals surface area contributed by atoms with Gasteiger partial charge < -0.3 is 14.2 Å². The number of nitrogens with zero attached hydrogens (tertiary/aromatic N) is 3. The van der Waals surface area contributed by atoms with Crippen LogP contribution >= 0.6 is 19.4 Å². The number of aromatic nitrogens is 2. The fourth-order valence-electron chi connectivity index (χ4n) is 3.31. The van der Waals surface area contributed by atoms with Crippen molar-refractivity contribution in [1.29, 1.82) is 0 Å². The number of phosphoric acid groups is 1. The Bertz CT molecular complexity index is 1100. The van der Waals surface area contributed by atoms with E-state index in [0.717, 1.165) is 36.3 Å². The van der Waals surface area contributed by atoms with Crippen LogP contribution in [0.5, 0.6) is 11.5 Å². The predicted molar refractivity (Wildman–Crippen MR) is 111 cm³/mol. The van der Waals surface area contributed by atoms with E-state index in [4.69, 9.17) is 14.5 Å². The molecule has 8 nitrogen and oxygen atoms in total. The standard InChI is InChI=1S/C19H19FN3O5PS/c1-27-16-11-13(10-15(20)17(16)28-29(24,25)26)19-21-18(22-30-19)12-4-6-14(7-5-12)23-8-2-3-9-23/h4-7,10-11H,2-3,8-9H2,1H3,(H2,24,25,26). The number of hydrogen-bond acceptors (Lipinski definition) is 7. The molecule has 2 heterocycles. The van der Waals surface area contributed by atoms with Crippen molar-refractivity contribution in [2.75, 3.05) is 25.1 Å². The molecule has 1 saturated heterocycles. The molecule has 1 aliphatic heterocycles. The molecule has 4 rings (SSSR count). The lowest BCUT2D eigenvalue weighted by Gasteiger charge is -2.17. The van der Waals surface area contributed by atoms with Gasteiger partial charge in [0, 0.05) is 29.9 Å². The number of rotatable bonds is 6. The topological polar surface area (TPSA) is 105 Å². The zero-order chi connectivity index (χ0) is 21.3. The van der Waals surface area contributed by atoms with Gasteiger partial charge in [0.2, 0.25) is 5.75 Å². The Morgan fingerprint density at radius 3 is 2.47 bits per heavy atom. The van der Waals surface area contributed by atoms with Crippen LogP contribution in [0.15, 0.2) is 36.4 Å². The Morgan fingerprint density at radius 1 is 1.13 bits per heavy atom. The lowest BCUT2D eigenvalue weighted by atomic mass is 10.1. The maximum absolute atomic E-state index is 14.4. The first-order valence-corrected chi connectivity index (χ1v) is 11.5. The summed E-state index contributed by atoms with van der Waals surface area (Å²) < 4.78 is 39.3. The largest absolute Gasteiger partial charge is 0.525 e. The number of hydrogen-bond donors (Lipinski definition) is 2. The van der Waals surface area contributed by atoms with Gasteiger partial charge in [-0.25, -0.2) is 13.9 Å². The van der Waals surface area contributed by atoms with E-state index in [2.05, 4.69) is 18.8 Å². The fraction of sp³-hybridized carbons (Fsp3) is 0.263. The summed E-state index contributed by atoms with van der Waals surface area (Å²) in [4.78, 5) is 24.7. The first-order chi connectivity index (χ1) is 14.3. The van der Waals surface area contributed by atoms with Crippen LogP contribution < -0.4 is 14.2 Å². The summed E-state index contributed by atoms with van der Waals surface area (Å²) in [7, 11) is -3.69. The van der Waals surface area contributed by atoms with Crippen molar-refractivity contribution in [2.24, 2.45) is 0 Å². The van der Waals surface area contributed by atoms with Crippen LogP contribution in [-0.4, -0.2) is 39.3 Å². The maximum atomic E-state index is 14.4. The van der Waals surface area contributed by atoms with Gasteiger partial charge in [0.15, 0.2) is 17.4 Å². The van der Waals surface area contributed by atoms with E-state index in [1.807, 2.05) is 24.3 Å². The Labute approximate surface area is 176 Å². The molecule has 2 N–H and O–H groups in total. The van der Waals surface area contributed by atoms with Crippen LogP contribution in [-0.2, 0) is 4.57 Å². The average Bonchev–Trinajstić information content (AvgIpc) is 3.41. The highest BCUT2D eigenvalue weighted by molar-refractivity contribution is 7.46. The molecule has 158 valence electrons. The van der Waals surface area contributed by atoms with Crippen molar-refractivity contribution in [3.63, 3.8) is 0 Å². The van der Waals surface area contributed by atoms with Gasteiger partial charge in [0.05, 0.1) is 7.11 Å². The van der Waals surface area contributed by atoms with Crippen molar-refractivity contribution in [3.8, 4) is 33.5 Å². The first-order valence-electron chi connectivity index (χ1n) is 9.16. The fourth-order valence-corrected chi connectivity index (χ4v) is 4.39. The van der Waals surface area contributed by atoms with Crippen molar-refractivity contribution < 1.29 is 28.0 Å². The molecule has 2 aromatic carbocycles. The summed E-state index contributed by atoms with van der Waals surface area (Å²) >= 11 is 1.09. The van der Waals surface area contributed by atoms with E-state index in [1.54, 1.807) is 0 Å². The summed E-state index contributed by atoms with van der Waals surface area (Å²) in [6, 6.07) is 10.5. The number of ether oxygens (including phenoxy) is 1. The molecule has 0 bridgehead atoms. The van der Waals surface area contributed by atoms with Gasteiger partial charge >= 0.3 is 7.82 Å². The van der Waals surface area contributed by atoms with Gasteiger partial charge in [-0.1, -0.05) is 0 Å². The predicted octanol–water partition coefficient (Wildman–Crippen LogP) is 4.09. The van der Waals surface area contributed by atoms with Gasteiger partial charge in [-0.3, -0.25) is 9.79 Å². The van der Waals surface area contributed by atoms with E-state index in [1.165, 1.54) is 31.7 Å². The van der Waals surface area contributed by atoms with Crippen molar-refractivity contribution >= 4 is 25.0 Å². The Hall–Kier alpha value is -2.52. The Balaban J connectivity index is 1.60. The van der Waals surface area contributed by atoms with Crippen LogP contribution in [0.1, 0.15) is 12.8 Å². The van der Waals surface area contributed by atoms with Crippen molar-refractivity contribution in [3.05, 3.63) is 42.2 Å². The third-order valence-electron chi connectivity index (χ3n) is 4.71. The maximum Gasteiger partial charge on any atom is 0.525 e. The molecule has 0 unspecified atom stereocenters. The summed E-state index contributed by atoms with van der Waals surface area (Å²) in [6.07, 6.45) is 2.41. The smallest absolute Gasteiger partial charge is 0.493 e. The number of halogens is 1. The molecule has 0 aliphatic carbocycles. The van der Waals surface area contributed by atoms with E-state index in [-0.39, 0.29) is 5.75 Å². The van der Waals surface area contributed by atoms with Gasteiger partial charge in [-0.05, 0) is 60.8 Å². The second kappa shape index (κ2) is 8.31. The quantitative estimate of drug-likeness (QED) is 0.540. The Kier molecular flexibility index (Phi) is 5.75.